The van der Waals surface area contributed by atoms with Gasteiger partial charge in [0, 0.05) is 26.0 Å². The number of aromatic amines is 1. The van der Waals surface area contributed by atoms with Crippen LogP contribution in [-0.2, 0) is 17.8 Å². The largest absolute Gasteiger partial charge is 0.497 e. The van der Waals surface area contributed by atoms with Crippen molar-refractivity contribution in [2.45, 2.75) is 26.4 Å². The van der Waals surface area contributed by atoms with Crippen LogP contribution in [0.1, 0.15) is 24.6 Å². The number of benzene rings is 1. The average Bonchev–Trinajstić information content (AvgIpc) is 3.17. The quantitative estimate of drug-likeness (QED) is 0.349. The summed E-state index contributed by atoms with van der Waals surface area (Å²) in [6, 6.07) is 9.85. The van der Waals surface area contributed by atoms with E-state index in [1.165, 1.54) is 0 Å². The number of aliphatic imine (C=N–C) groups is 1. The molecule has 0 radical (unpaired) electrons. The van der Waals surface area contributed by atoms with Crippen molar-refractivity contribution >= 4 is 5.96 Å². The molecule has 0 aliphatic heterocycles. The van der Waals surface area contributed by atoms with Crippen molar-refractivity contribution in [1.29, 1.82) is 0 Å². The number of hydrogen-bond donors (Lipinski definition) is 3. The molecule has 1 aromatic heterocycles. The van der Waals surface area contributed by atoms with Crippen LogP contribution in [-0.4, -0.2) is 43.0 Å². The molecule has 7 heteroatoms. The standard InChI is InChI=1S/C18H27N5O2/c1-3-25-12-4-10-19-18(21-14-16-9-11-22-23-16)20-13-15-5-7-17(24-2)8-6-15/h5-9,11H,3-4,10,12-14H2,1-2H3,(H,22,23)(H2,19,20,21). The Bertz CT molecular complexity index is 611. The number of rotatable bonds is 10. The van der Waals surface area contributed by atoms with Gasteiger partial charge in [0.1, 0.15) is 5.75 Å². The summed E-state index contributed by atoms with van der Waals surface area (Å²) < 4.78 is 10.5. The van der Waals surface area contributed by atoms with E-state index in [0.29, 0.717) is 13.1 Å². The molecule has 0 amide bonds. The number of hydrogen-bond acceptors (Lipinski definition) is 4. The summed E-state index contributed by atoms with van der Waals surface area (Å²) in [6.07, 6.45) is 2.67. The number of guanidine groups is 1. The highest BCUT2D eigenvalue weighted by Gasteiger charge is 2.01. The normalized spacial score (nSPS) is 11.4. The lowest BCUT2D eigenvalue weighted by atomic mass is 10.2. The van der Waals surface area contributed by atoms with Crippen LogP contribution in [0.2, 0.25) is 0 Å². The molecule has 0 aliphatic carbocycles. The van der Waals surface area contributed by atoms with Gasteiger partial charge in [-0.25, -0.2) is 4.99 Å². The van der Waals surface area contributed by atoms with E-state index in [1.54, 1.807) is 13.3 Å². The molecule has 0 unspecified atom stereocenters. The van der Waals surface area contributed by atoms with Crippen LogP contribution < -0.4 is 15.4 Å². The van der Waals surface area contributed by atoms with Gasteiger partial charge in [-0.2, -0.15) is 5.10 Å². The number of H-pyrrole nitrogens is 1. The van der Waals surface area contributed by atoms with E-state index in [4.69, 9.17) is 9.47 Å². The van der Waals surface area contributed by atoms with Gasteiger partial charge in [-0.3, -0.25) is 5.10 Å². The van der Waals surface area contributed by atoms with Crippen molar-refractivity contribution in [3.8, 4) is 5.75 Å². The lowest BCUT2D eigenvalue weighted by Crippen LogP contribution is -2.38. The van der Waals surface area contributed by atoms with Crippen LogP contribution >= 0.6 is 0 Å². The van der Waals surface area contributed by atoms with E-state index in [0.717, 1.165) is 49.1 Å². The van der Waals surface area contributed by atoms with Gasteiger partial charge >= 0.3 is 0 Å². The smallest absolute Gasteiger partial charge is 0.191 e. The molecule has 7 nitrogen and oxygen atoms in total. The molecule has 1 aromatic carbocycles. The highest BCUT2D eigenvalue weighted by atomic mass is 16.5. The van der Waals surface area contributed by atoms with Crippen LogP contribution in [0.5, 0.6) is 5.75 Å². The first-order valence-corrected chi connectivity index (χ1v) is 8.53. The van der Waals surface area contributed by atoms with Crippen LogP contribution in [0.3, 0.4) is 0 Å². The summed E-state index contributed by atoms with van der Waals surface area (Å²) in [4.78, 5) is 4.65. The predicted molar refractivity (Wildman–Crippen MR) is 98.7 cm³/mol. The Morgan fingerprint density at radius 3 is 2.72 bits per heavy atom. The van der Waals surface area contributed by atoms with E-state index in [1.807, 2.05) is 37.3 Å². The van der Waals surface area contributed by atoms with Gasteiger partial charge in [-0.05, 0) is 37.1 Å². The van der Waals surface area contributed by atoms with Crippen LogP contribution in [0.15, 0.2) is 41.5 Å². The first kappa shape index (κ1) is 18.8. The molecule has 0 saturated carbocycles. The van der Waals surface area contributed by atoms with Gasteiger partial charge < -0.3 is 20.1 Å². The molecule has 0 aliphatic rings. The van der Waals surface area contributed by atoms with Crippen molar-refractivity contribution in [1.82, 2.24) is 20.8 Å². The van der Waals surface area contributed by atoms with Crippen molar-refractivity contribution in [2.75, 3.05) is 26.9 Å². The first-order valence-electron chi connectivity index (χ1n) is 8.53. The fourth-order valence-electron chi connectivity index (χ4n) is 2.16. The molecule has 0 saturated heterocycles. The lowest BCUT2D eigenvalue weighted by molar-refractivity contribution is 0.145. The second-order valence-corrected chi connectivity index (χ2v) is 5.43. The zero-order valence-electron chi connectivity index (χ0n) is 14.9. The van der Waals surface area contributed by atoms with E-state index < -0.39 is 0 Å². The molecule has 2 aromatic rings. The molecule has 0 bridgehead atoms. The minimum Gasteiger partial charge on any atom is -0.497 e. The van der Waals surface area contributed by atoms with Crippen molar-refractivity contribution in [3.63, 3.8) is 0 Å². The average molecular weight is 345 g/mol. The van der Waals surface area contributed by atoms with Crippen LogP contribution in [0, 0.1) is 0 Å². The van der Waals surface area contributed by atoms with Crippen LogP contribution in [0.4, 0.5) is 0 Å². The maximum absolute atomic E-state index is 5.36. The molecule has 0 atom stereocenters. The SMILES string of the molecule is CCOCCCNC(=NCc1ccc(OC)cc1)NCc1ccn[nH]1. The number of nitrogens with zero attached hydrogens (tertiary/aromatic N) is 2. The molecule has 0 fully saturated rings. The Morgan fingerprint density at radius 1 is 1.20 bits per heavy atom. The van der Waals surface area contributed by atoms with Crippen molar-refractivity contribution in [3.05, 3.63) is 47.8 Å². The monoisotopic (exact) mass is 345 g/mol. The van der Waals surface area contributed by atoms with Gasteiger partial charge in [0.05, 0.1) is 25.9 Å². The summed E-state index contributed by atoms with van der Waals surface area (Å²) in [5, 5.41) is 13.5. The molecular weight excluding hydrogens is 318 g/mol. The van der Waals surface area contributed by atoms with E-state index in [-0.39, 0.29) is 0 Å². The Hall–Kier alpha value is -2.54. The van der Waals surface area contributed by atoms with E-state index >= 15 is 0 Å². The third-order valence-electron chi connectivity index (χ3n) is 3.55. The fraction of sp³-hybridized carbons (Fsp3) is 0.444. The summed E-state index contributed by atoms with van der Waals surface area (Å²) in [5.41, 5.74) is 2.13. The highest BCUT2D eigenvalue weighted by molar-refractivity contribution is 5.79. The Balaban J connectivity index is 1.88. The maximum atomic E-state index is 5.36. The lowest BCUT2D eigenvalue weighted by Gasteiger charge is -2.12. The van der Waals surface area contributed by atoms with Crippen molar-refractivity contribution < 1.29 is 9.47 Å². The minimum atomic E-state index is 0.591. The molecule has 1 heterocycles. The van der Waals surface area contributed by atoms with Crippen molar-refractivity contribution in [2.24, 2.45) is 4.99 Å². The molecular formula is C18H27N5O2. The number of ether oxygens (including phenoxy) is 2. The molecule has 3 N–H and O–H groups in total. The van der Waals surface area contributed by atoms with E-state index in [2.05, 4.69) is 25.8 Å². The van der Waals surface area contributed by atoms with E-state index in [9.17, 15) is 0 Å². The maximum Gasteiger partial charge on any atom is 0.191 e. The number of nitrogens with one attached hydrogen (secondary N) is 3. The Morgan fingerprint density at radius 2 is 2.04 bits per heavy atom. The van der Waals surface area contributed by atoms with Gasteiger partial charge in [0.15, 0.2) is 5.96 Å². The molecule has 136 valence electrons. The second-order valence-electron chi connectivity index (χ2n) is 5.43. The predicted octanol–water partition coefficient (Wildman–Crippen LogP) is 2.08. The second kappa shape index (κ2) is 11.1. The summed E-state index contributed by atoms with van der Waals surface area (Å²) in [7, 11) is 1.66. The van der Waals surface area contributed by atoms with Gasteiger partial charge in [-0.1, -0.05) is 12.1 Å². The minimum absolute atomic E-state index is 0.591. The number of methoxy groups -OCH3 is 1. The van der Waals surface area contributed by atoms with Gasteiger partial charge in [-0.15, -0.1) is 0 Å². The molecule has 2 rings (SSSR count). The fourth-order valence-corrected chi connectivity index (χ4v) is 2.16. The van der Waals surface area contributed by atoms with Gasteiger partial charge in [0.25, 0.3) is 0 Å². The van der Waals surface area contributed by atoms with Crippen LogP contribution in [0.25, 0.3) is 0 Å². The third kappa shape index (κ3) is 7.26. The molecule has 25 heavy (non-hydrogen) atoms. The number of aromatic nitrogens is 2. The topological polar surface area (TPSA) is 83.6 Å². The summed E-state index contributed by atoms with van der Waals surface area (Å²) >= 11 is 0. The first-order chi connectivity index (χ1) is 12.3. The highest BCUT2D eigenvalue weighted by Crippen LogP contribution is 2.11. The molecule has 0 spiro atoms. The van der Waals surface area contributed by atoms with Gasteiger partial charge in [0.2, 0.25) is 0 Å². The zero-order chi connectivity index (χ0) is 17.7. The summed E-state index contributed by atoms with van der Waals surface area (Å²) in [6.45, 7) is 5.53. The third-order valence-corrected chi connectivity index (χ3v) is 3.55. The summed E-state index contributed by atoms with van der Waals surface area (Å²) in [5.74, 6) is 1.61. The Kier molecular flexibility index (Phi) is 8.34. The Labute approximate surface area is 148 Å². The zero-order valence-corrected chi connectivity index (χ0v) is 14.9.